The van der Waals surface area contributed by atoms with Crippen molar-refractivity contribution >= 4 is 39.8 Å². The molecule has 0 aliphatic carbocycles. The summed E-state index contributed by atoms with van der Waals surface area (Å²) in [6.07, 6.45) is 0.597. The van der Waals surface area contributed by atoms with Gasteiger partial charge in [-0.2, -0.15) is 0 Å². The van der Waals surface area contributed by atoms with Crippen molar-refractivity contribution in [1.29, 1.82) is 0 Å². The zero-order valence-electron chi connectivity index (χ0n) is 14.9. The van der Waals surface area contributed by atoms with Crippen LogP contribution in [0.2, 0.25) is 0 Å². The number of hydrogen-bond acceptors (Lipinski definition) is 3. The first-order valence-corrected chi connectivity index (χ1v) is 10.1. The molecule has 1 atom stereocenters. The zero-order chi connectivity index (χ0) is 17.8. The first-order valence-electron chi connectivity index (χ1n) is 8.23. The van der Waals surface area contributed by atoms with Crippen LogP contribution >= 0.6 is 24.0 Å². The molecular formula is C17H27FIN3O2S. The fourth-order valence-electron chi connectivity index (χ4n) is 2.70. The van der Waals surface area contributed by atoms with E-state index in [2.05, 4.69) is 15.6 Å². The second-order valence-electron chi connectivity index (χ2n) is 6.83. The van der Waals surface area contributed by atoms with Crippen molar-refractivity contribution < 1.29 is 12.8 Å². The highest BCUT2D eigenvalue weighted by Gasteiger charge is 2.28. The molecule has 0 radical (unpaired) electrons. The van der Waals surface area contributed by atoms with E-state index in [0.717, 1.165) is 5.56 Å². The second-order valence-corrected chi connectivity index (χ2v) is 9.06. The van der Waals surface area contributed by atoms with Gasteiger partial charge in [0.25, 0.3) is 0 Å². The number of hydrogen-bond donors (Lipinski definition) is 2. The molecule has 1 heterocycles. The Bertz CT molecular complexity index is 708. The van der Waals surface area contributed by atoms with Crippen LogP contribution in [0.3, 0.4) is 0 Å². The average Bonchev–Trinajstić information content (AvgIpc) is 2.84. The molecule has 1 aliphatic rings. The first-order chi connectivity index (χ1) is 11.2. The number of benzene rings is 1. The third kappa shape index (κ3) is 6.73. The maximum atomic E-state index is 13.4. The van der Waals surface area contributed by atoms with Crippen molar-refractivity contribution in [1.82, 2.24) is 10.6 Å². The van der Waals surface area contributed by atoms with E-state index in [-0.39, 0.29) is 52.8 Å². The van der Waals surface area contributed by atoms with E-state index >= 15 is 0 Å². The predicted octanol–water partition coefficient (Wildman–Crippen LogP) is 2.46. The SMILES string of the molecule is CCNC(=NCC(C)(C)c1cccc(F)c1)NC1CCS(=O)(=O)C1.I. The van der Waals surface area contributed by atoms with Gasteiger partial charge in [-0.3, -0.25) is 4.99 Å². The van der Waals surface area contributed by atoms with Crippen LogP contribution in [0.1, 0.15) is 32.8 Å². The Morgan fingerprint density at radius 2 is 2.12 bits per heavy atom. The lowest BCUT2D eigenvalue weighted by Crippen LogP contribution is -2.44. The van der Waals surface area contributed by atoms with Gasteiger partial charge in [0, 0.05) is 18.0 Å². The highest BCUT2D eigenvalue weighted by atomic mass is 127. The molecule has 1 fully saturated rings. The van der Waals surface area contributed by atoms with Gasteiger partial charge in [-0.25, -0.2) is 12.8 Å². The lowest BCUT2D eigenvalue weighted by molar-refractivity contribution is 0.527. The smallest absolute Gasteiger partial charge is 0.191 e. The fourth-order valence-corrected chi connectivity index (χ4v) is 4.37. The van der Waals surface area contributed by atoms with Crippen molar-refractivity contribution in [2.45, 2.75) is 38.6 Å². The van der Waals surface area contributed by atoms with E-state index in [0.29, 0.717) is 25.5 Å². The Labute approximate surface area is 166 Å². The molecule has 0 spiro atoms. The summed E-state index contributed by atoms with van der Waals surface area (Å²) in [6, 6.07) is 6.44. The van der Waals surface area contributed by atoms with Crippen LogP contribution in [0.15, 0.2) is 29.3 Å². The Balaban J connectivity index is 0.00000312. The molecule has 25 heavy (non-hydrogen) atoms. The standard InChI is InChI=1S/C17H26FN3O2S.HI/c1-4-19-16(21-15-8-9-24(22,23)11-15)20-12-17(2,3)13-6-5-7-14(18)10-13;/h5-7,10,15H,4,8-9,11-12H2,1-3H3,(H2,19,20,21);1H. The molecule has 0 saturated carbocycles. The van der Waals surface area contributed by atoms with Crippen molar-refractivity contribution in [3.05, 3.63) is 35.6 Å². The minimum absolute atomic E-state index is 0. The van der Waals surface area contributed by atoms with Crippen molar-refractivity contribution in [2.24, 2.45) is 4.99 Å². The summed E-state index contributed by atoms with van der Waals surface area (Å²) in [6.45, 7) is 7.13. The Hall–Kier alpha value is -0.900. The molecule has 1 aromatic rings. The quantitative estimate of drug-likeness (QED) is 0.384. The van der Waals surface area contributed by atoms with Gasteiger partial charge in [-0.05, 0) is 31.0 Å². The van der Waals surface area contributed by atoms with E-state index in [9.17, 15) is 12.8 Å². The van der Waals surface area contributed by atoms with Crippen LogP contribution in [0, 0.1) is 5.82 Å². The van der Waals surface area contributed by atoms with Crippen molar-refractivity contribution in [3.8, 4) is 0 Å². The van der Waals surface area contributed by atoms with Crippen LogP contribution in [-0.2, 0) is 15.3 Å². The molecule has 8 heteroatoms. The van der Waals surface area contributed by atoms with Gasteiger partial charge in [-0.15, -0.1) is 24.0 Å². The summed E-state index contributed by atoms with van der Waals surface area (Å²) in [5.74, 6) is 0.707. The molecule has 1 unspecified atom stereocenters. The Kier molecular flexibility index (Phi) is 8.11. The summed E-state index contributed by atoms with van der Waals surface area (Å²) in [5.41, 5.74) is 0.553. The number of guanidine groups is 1. The average molecular weight is 483 g/mol. The van der Waals surface area contributed by atoms with Gasteiger partial charge in [0.15, 0.2) is 15.8 Å². The minimum atomic E-state index is -2.93. The highest BCUT2D eigenvalue weighted by Crippen LogP contribution is 2.24. The van der Waals surface area contributed by atoms with E-state index < -0.39 is 9.84 Å². The van der Waals surface area contributed by atoms with Crippen LogP contribution < -0.4 is 10.6 Å². The van der Waals surface area contributed by atoms with E-state index in [1.165, 1.54) is 12.1 Å². The van der Waals surface area contributed by atoms with Crippen molar-refractivity contribution in [3.63, 3.8) is 0 Å². The Morgan fingerprint density at radius 3 is 2.68 bits per heavy atom. The minimum Gasteiger partial charge on any atom is -0.357 e. The molecule has 1 aliphatic heterocycles. The van der Waals surface area contributed by atoms with Gasteiger partial charge in [0.2, 0.25) is 0 Å². The van der Waals surface area contributed by atoms with Gasteiger partial charge in [-0.1, -0.05) is 26.0 Å². The summed E-state index contributed by atoms with van der Waals surface area (Å²) in [7, 11) is -2.93. The van der Waals surface area contributed by atoms with Gasteiger partial charge in [0.05, 0.1) is 18.1 Å². The van der Waals surface area contributed by atoms with Gasteiger partial charge in [0.1, 0.15) is 5.82 Å². The normalized spacial score (nSPS) is 20.0. The first kappa shape index (κ1) is 22.1. The van der Waals surface area contributed by atoms with Gasteiger partial charge >= 0.3 is 0 Å². The molecular weight excluding hydrogens is 456 g/mol. The highest BCUT2D eigenvalue weighted by molar-refractivity contribution is 14.0. The summed E-state index contributed by atoms with van der Waals surface area (Å²) in [4.78, 5) is 4.58. The number of halogens is 2. The molecule has 1 aromatic carbocycles. The predicted molar refractivity (Wildman–Crippen MR) is 111 cm³/mol. The van der Waals surface area contributed by atoms with E-state index in [1.54, 1.807) is 6.07 Å². The molecule has 2 N–H and O–H groups in total. The Morgan fingerprint density at radius 1 is 1.40 bits per heavy atom. The number of nitrogens with zero attached hydrogens (tertiary/aromatic N) is 1. The lowest BCUT2D eigenvalue weighted by atomic mass is 9.85. The molecule has 2 rings (SSSR count). The van der Waals surface area contributed by atoms with Gasteiger partial charge < -0.3 is 10.6 Å². The molecule has 5 nitrogen and oxygen atoms in total. The number of aliphatic imine (C=N–C) groups is 1. The third-order valence-electron chi connectivity index (χ3n) is 4.16. The fraction of sp³-hybridized carbons (Fsp3) is 0.588. The third-order valence-corrected chi connectivity index (χ3v) is 5.92. The summed E-state index contributed by atoms with van der Waals surface area (Å²) in [5, 5.41) is 6.34. The van der Waals surface area contributed by atoms with Crippen LogP contribution in [0.4, 0.5) is 4.39 Å². The molecule has 1 saturated heterocycles. The molecule has 142 valence electrons. The molecule has 0 aromatic heterocycles. The van der Waals surface area contributed by atoms with Crippen LogP contribution in [0.25, 0.3) is 0 Å². The second kappa shape index (κ2) is 9.16. The maximum absolute atomic E-state index is 13.4. The van der Waals surface area contributed by atoms with Crippen molar-refractivity contribution in [2.75, 3.05) is 24.6 Å². The summed E-state index contributed by atoms with van der Waals surface area (Å²) >= 11 is 0. The number of nitrogens with one attached hydrogen (secondary N) is 2. The monoisotopic (exact) mass is 483 g/mol. The van der Waals surface area contributed by atoms with E-state index in [4.69, 9.17) is 0 Å². The maximum Gasteiger partial charge on any atom is 0.191 e. The lowest BCUT2D eigenvalue weighted by Gasteiger charge is -2.24. The van der Waals surface area contributed by atoms with Crippen LogP contribution in [-0.4, -0.2) is 45.0 Å². The largest absolute Gasteiger partial charge is 0.357 e. The topological polar surface area (TPSA) is 70.6 Å². The summed E-state index contributed by atoms with van der Waals surface area (Å²) < 4.78 is 36.6. The molecule has 0 bridgehead atoms. The molecule has 0 amide bonds. The number of sulfone groups is 1. The van der Waals surface area contributed by atoms with Crippen LogP contribution in [0.5, 0.6) is 0 Å². The zero-order valence-corrected chi connectivity index (χ0v) is 18.0. The van der Waals surface area contributed by atoms with E-state index in [1.807, 2.05) is 26.8 Å². The number of rotatable bonds is 5.